The summed E-state index contributed by atoms with van der Waals surface area (Å²) in [5.41, 5.74) is 0.910. The molecule has 2 aliphatic heterocycles. The molecule has 5 nitrogen and oxygen atoms in total. The van der Waals surface area contributed by atoms with Crippen molar-refractivity contribution in [1.82, 2.24) is 4.90 Å². The molecule has 1 aromatic rings. The number of ether oxygens (including phenoxy) is 1. The zero-order chi connectivity index (χ0) is 15.5. The zero-order valence-corrected chi connectivity index (χ0v) is 14.3. The van der Waals surface area contributed by atoms with E-state index in [2.05, 4.69) is 15.9 Å². The van der Waals surface area contributed by atoms with E-state index in [-0.39, 0.29) is 11.1 Å². The number of amides is 2. The Kier molecular flexibility index (Phi) is 4.97. The lowest BCUT2D eigenvalue weighted by molar-refractivity contribution is -0.915. The van der Waals surface area contributed by atoms with Crippen molar-refractivity contribution in [1.29, 1.82) is 0 Å². The van der Waals surface area contributed by atoms with Crippen LogP contribution in [0.2, 0.25) is 0 Å². The fraction of sp³-hybridized carbons (Fsp3) is 0.333. The summed E-state index contributed by atoms with van der Waals surface area (Å²) in [5.74, 6) is -0.197. The van der Waals surface area contributed by atoms with E-state index in [1.165, 1.54) is 9.80 Å². The molecule has 7 heteroatoms. The predicted molar refractivity (Wildman–Crippen MR) is 88.3 cm³/mol. The Balaban J connectivity index is 1.71. The van der Waals surface area contributed by atoms with Crippen molar-refractivity contribution in [3.8, 4) is 0 Å². The molecule has 0 unspecified atom stereocenters. The number of imide groups is 1. The lowest BCUT2D eigenvalue weighted by Gasteiger charge is -2.26. The van der Waals surface area contributed by atoms with Crippen LogP contribution in [0.4, 0.5) is 4.79 Å². The molecular formula is C15H16BrN2O3S+. The van der Waals surface area contributed by atoms with Crippen LogP contribution in [-0.4, -0.2) is 49.0 Å². The maximum Gasteiger partial charge on any atom is 0.298 e. The highest BCUT2D eigenvalue weighted by Crippen LogP contribution is 2.31. The molecule has 0 atom stereocenters. The molecule has 3 rings (SSSR count). The highest BCUT2D eigenvalue weighted by atomic mass is 79.9. The summed E-state index contributed by atoms with van der Waals surface area (Å²) < 4.78 is 6.28. The van der Waals surface area contributed by atoms with E-state index in [1.54, 1.807) is 6.08 Å². The molecule has 0 saturated carbocycles. The number of morpholine rings is 1. The first-order valence-corrected chi connectivity index (χ1v) is 8.67. The van der Waals surface area contributed by atoms with Crippen LogP contribution in [0.15, 0.2) is 33.6 Å². The van der Waals surface area contributed by atoms with Crippen LogP contribution in [0.25, 0.3) is 6.08 Å². The van der Waals surface area contributed by atoms with Crippen molar-refractivity contribution >= 4 is 44.9 Å². The number of thioether (sulfide) groups is 1. The molecule has 0 radical (unpaired) electrons. The largest absolute Gasteiger partial charge is 0.370 e. The summed E-state index contributed by atoms with van der Waals surface area (Å²) in [5, 5.41) is -0.188. The second kappa shape index (κ2) is 6.95. The Labute approximate surface area is 141 Å². The number of rotatable bonds is 3. The number of nitrogens with zero attached hydrogens (tertiary/aromatic N) is 1. The highest BCUT2D eigenvalue weighted by Gasteiger charge is 2.37. The van der Waals surface area contributed by atoms with E-state index >= 15 is 0 Å². The Morgan fingerprint density at radius 2 is 1.91 bits per heavy atom. The quantitative estimate of drug-likeness (QED) is 0.800. The van der Waals surface area contributed by atoms with E-state index < -0.39 is 0 Å². The van der Waals surface area contributed by atoms with E-state index in [9.17, 15) is 9.59 Å². The maximum absolute atomic E-state index is 12.4. The van der Waals surface area contributed by atoms with Crippen LogP contribution in [-0.2, 0) is 9.53 Å². The van der Waals surface area contributed by atoms with Gasteiger partial charge in [0.2, 0.25) is 0 Å². The van der Waals surface area contributed by atoms with Gasteiger partial charge in [0.15, 0.2) is 6.67 Å². The molecule has 0 spiro atoms. The first-order valence-electron chi connectivity index (χ1n) is 7.06. The standard InChI is InChI=1S/C15H15BrN2O3S/c16-12-3-1-11(2-4-12)9-13-14(19)18(15(20)22-13)10-17-5-7-21-8-6-17/h1-4,9H,5-8,10H2/p+1/b13-9+. The summed E-state index contributed by atoms with van der Waals surface area (Å²) in [6, 6.07) is 7.64. The third kappa shape index (κ3) is 3.60. The van der Waals surface area contributed by atoms with E-state index in [1.807, 2.05) is 24.3 Å². The fourth-order valence-corrected chi connectivity index (χ4v) is 3.49. The van der Waals surface area contributed by atoms with E-state index in [0.29, 0.717) is 24.8 Å². The molecule has 0 aliphatic carbocycles. The molecule has 22 heavy (non-hydrogen) atoms. The van der Waals surface area contributed by atoms with Gasteiger partial charge in [-0.15, -0.1) is 0 Å². The smallest absolute Gasteiger partial charge is 0.298 e. The third-order valence-electron chi connectivity index (χ3n) is 3.62. The number of hydrogen-bond donors (Lipinski definition) is 1. The number of hydrogen-bond acceptors (Lipinski definition) is 4. The molecule has 0 aromatic heterocycles. The first-order chi connectivity index (χ1) is 10.6. The molecular weight excluding hydrogens is 368 g/mol. The van der Waals surface area contributed by atoms with Crippen LogP contribution < -0.4 is 4.90 Å². The van der Waals surface area contributed by atoms with Crippen LogP contribution in [0.1, 0.15) is 5.56 Å². The van der Waals surface area contributed by atoms with Crippen LogP contribution in [0.3, 0.4) is 0 Å². The van der Waals surface area contributed by atoms with Gasteiger partial charge >= 0.3 is 0 Å². The fourth-order valence-electron chi connectivity index (χ4n) is 2.39. The minimum absolute atomic E-state index is 0.188. The SMILES string of the molecule is O=C1S/C(=C/c2ccc(Br)cc2)C(=O)N1C[NH+]1CCOCC1. The number of carbonyl (C=O) groups excluding carboxylic acids is 2. The average Bonchev–Trinajstić information content (AvgIpc) is 2.78. The minimum Gasteiger partial charge on any atom is -0.370 e. The average molecular weight is 384 g/mol. The lowest BCUT2D eigenvalue weighted by atomic mass is 10.2. The van der Waals surface area contributed by atoms with Crippen LogP contribution in [0, 0.1) is 0 Å². The lowest BCUT2D eigenvalue weighted by Crippen LogP contribution is -3.15. The molecule has 2 amide bonds. The normalized spacial score (nSPS) is 21.9. The summed E-state index contributed by atoms with van der Waals surface area (Å²) in [6.07, 6.45) is 1.77. The van der Waals surface area contributed by atoms with Gasteiger partial charge in [0.25, 0.3) is 11.1 Å². The van der Waals surface area contributed by atoms with Crippen molar-refractivity contribution in [3.63, 3.8) is 0 Å². The number of benzene rings is 1. The van der Waals surface area contributed by atoms with Gasteiger partial charge in [-0.2, -0.15) is 0 Å². The molecule has 116 valence electrons. The molecule has 1 N–H and O–H groups in total. The molecule has 2 saturated heterocycles. The Morgan fingerprint density at radius 3 is 2.59 bits per heavy atom. The van der Waals surface area contributed by atoms with Crippen molar-refractivity contribution < 1.29 is 19.2 Å². The molecule has 1 aromatic carbocycles. The van der Waals surface area contributed by atoms with Gasteiger partial charge in [-0.05, 0) is 35.5 Å². The highest BCUT2D eigenvalue weighted by molar-refractivity contribution is 9.10. The number of nitrogens with one attached hydrogen (secondary N) is 1. The summed E-state index contributed by atoms with van der Waals surface area (Å²) in [4.78, 5) is 27.5. The number of quaternary nitrogens is 1. The summed E-state index contributed by atoms with van der Waals surface area (Å²) >= 11 is 4.39. The van der Waals surface area contributed by atoms with Gasteiger partial charge in [0, 0.05) is 4.47 Å². The molecule has 2 aliphatic rings. The van der Waals surface area contributed by atoms with Gasteiger partial charge in [-0.25, -0.2) is 4.90 Å². The van der Waals surface area contributed by atoms with Crippen molar-refractivity contribution in [2.24, 2.45) is 0 Å². The second-order valence-electron chi connectivity index (χ2n) is 5.18. The maximum atomic E-state index is 12.4. The van der Waals surface area contributed by atoms with Crippen molar-refractivity contribution in [3.05, 3.63) is 39.2 Å². The monoisotopic (exact) mass is 383 g/mol. The first kappa shape index (κ1) is 15.7. The summed E-state index contributed by atoms with van der Waals surface area (Å²) in [7, 11) is 0. The predicted octanol–water partition coefficient (Wildman–Crippen LogP) is 1.36. The van der Waals surface area contributed by atoms with Crippen molar-refractivity contribution in [2.45, 2.75) is 0 Å². The van der Waals surface area contributed by atoms with E-state index in [0.717, 1.165) is 34.9 Å². The van der Waals surface area contributed by atoms with Gasteiger partial charge in [0.05, 0.1) is 18.1 Å². The summed E-state index contributed by atoms with van der Waals surface area (Å²) in [6.45, 7) is 3.44. The van der Waals surface area contributed by atoms with Crippen molar-refractivity contribution in [2.75, 3.05) is 33.0 Å². The van der Waals surface area contributed by atoms with Gasteiger partial charge < -0.3 is 9.64 Å². The molecule has 2 heterocycles. The Morgan fingerprint density at radius 1 is 1.23 bits per heavy atom. The zero-order valence-electron chi connectivity index (χ0n) is 11.9. The topological polar surface area (TPSA) is 51.0 Å². The van der Waals surface area contributed by atoms with Crippen LogP contribution >= 0.6 is 27.7 Å². The molecule has 2 fully saturated rings. The van der Waals surface area contributed by atoms with E-state index in [4.69, 9.17) is 4.74 Å². The third-order valence-corrected chi connectivity index (χ3v) is 5.06. The number of carbonyl (C=O) groups is 2. The van der Waals surface area contributed by atoms with Gasteiger partial charge in [-0.1, -0.05) is 28.1 Å². The Bertz CT molecular complexity index is 612. The number of halogens is 1. The Hall–Kier alpha value is -1.15. The molecule has 0 bridgehead atoms. The minimum atomic E-state index is -0.197. The van der Waals surface area contributed by atoms with Gasteiger partial charge in [0.1, 0.15) is 13.1 Å². The second-order valence-corrected chi connectivity index (χ2v) is 7.09. The van der Waals surface area contributed by atoms with Gasteiger partial charge in [-0.3, -0.25) is 9.59 Å². The van der Waals surface area contributed by atoms with Crippen LogP contribution in [0.5, 0.6) is 0 Å².